The molecule has 3 N–H and O–H groups in total. The zero-order chi connectivity index (χ0) is 20.6. The van der Waals surface area contributed by atoms with Crippen LogP contribution < -0.4 is 5.32 Å². The van der Waals surface area contributed by atoms with Crippen LogP contribution in [0.1, 0.15) is 27.1 Å². The molecule has 148 valence electrons. The summed E-state index contributed by atoms with van der Waals surface area (Å²) in [5, 5.41) is 12.7. The van der Waals surface area contributed by atoms with E-state index in [0.717, 1.165) is 39.9 Å². The van der Waals surface area contributed by atoms with E-state index in [1.165, 1.54) is 0 Å². The van der Waals surface area contributed by atoms with Gasteiger partial charge in [-0.05, 0) is 18.6 Å². The Bertz CT molecular complexity index is 1140. The summed E-state index contributed by atoms with van der Waals surface area (Å²) in [5.74, 6) is 0. The van der Waals surface area contributed by atoms with Crippen molar-refractivity contribution in [2.45, 2.75) is 13.0 Å². The van der Waals surface area contributed by atoms with Crippen molar-refractivity contribution < 1.29 is 19.5 Å². The first-order valence-corrected chi connectivity index (χ1v) is 9.15. The van der Waals surface area contributed by atoms with Crippen LogP contribution in [0.3, 0.4) is 0 Å². The molecule has 7 heteroatoms. The fraction of sp³-hybridized carbons (Fsp3) is 0.136. The maximum atomic E-state index is 10.9. The highest BCUT2D eigenvalue weighted by Crippen LogP contribution is 2.20. The maximum absolute atomic E-state index is 10.9. The summed E-state index contributed by atoms with van der Waals surface area (Å²) in [4.78, 5) is 34.7. The molecule has 0 atom stereocenters. The van der Waals surface area contributed by atoms with Gasteiger partial charge in [0, 0.05) is 58.4 Å². The zero-order valence-corrected chi connectivity index (χ0v) is 15.7. The summed E-state index contributed by atoms with van der Waals surface area (Å²) in [6.45, 7) is 1.08. The lowest BCUT2D eigenvalue weighted by molar-refractivity contribution is 0.111. The van der Waals surface area contributed by atoms with E-state index >= 15 is 0 Å². The van der Waals surface area contributed by atoms with Gasteiger partial charge in [-0.3, -0.25) is 9.59 Å². The van der Waals surface area contributed by atoms with Crippen LogP contribution in [0.4, 0.5) is 4.79 Å². The summed E-state index contributed by atoms with van der Waals surface area (Å²) in [5.41, 5.74) is 3.39. The van der Waals surface area contributed by atoms with Crippen LogP contribution >= 0.6 is 0 Å². The Kier molecular flexibility index (Phi) is 6.42. The minimum absolute atomic E-state index is 0.401. The Morgan fingerprint density at radius 3 is 2.41 bits per heavy atom. The molecule has 4 rings (SSSR count). The molecule has 0 fully saturated rings. The molecule has 0 spiro atoms. The molecule has 1 amide bonds. The van der Waals surface area contributed by atoms with Gasteiger partial charge in [0.05, 0.1) is 0 Å². The third-order valence-electron chi connectivity index (χ3n) is 4.55. The molecule has 2 aromatic carbocycles. The highest BCUT2D eigenvalue weighted by atomic mass is 16.4. The predicted molar refractivity (Wildman–Crippen MR) is 112 cm³/mol. The predicted octanol–water partition coefficient (Wildman–Crippen LogP) is 4.09. The van der Waals surface area contributed by atoms with Crippen LogP contribution in [0.25, 0.3) is 21.8 Å². The van der Waals surface area contributed by atoms with Gasteiger partial charge >= 0.3 is 6.09 Å². The number of carbonyl (C=O) groups excluding carboxylic acids is 2. The fourth-order valence-corrected chi connectivity index (χ4v) is 3.19. The lowest BCUT2D eigenvalue weighted by atomic mass is 10.2. The van der Waals surface area contributed by atoms with Crippen molar-refractivity contribution in [3.05, 3.63) is 72.1 Å². The Morgan fingerprint density at radius 2 is 1.69 bits per heavy atom. The topological polar surface area (TPSA) is 104 Å². The second-order valence-corrected chi connectivity index (χ2v) is 6.41. The number of aryl methyl sites for hydroxylation is 1. The summed E-state index contributed by atoms with van der Waals surface area (Å²) in [6.07, 6.45) is 4.90. The average molecular weight is 391 g/mol. The number of carboxylic acid groups (broad SMARTS) is 1. The van der Waals surface area contributed by atoms with Gasteiger partial charge < -0.3 is 20.0 Å². The SMILES string of the molecule is O=Cc1c[nH]c2ccccc12.O=Cc1cn(CCCNC(=O)O)c2ccccc12. The third kappa shape index (κ3) is 4.70. The molecule has 0 aliphatic rings. The Morgan fingerprint density at radius 1 is 1.00 bits per heavy atom. The number of carbonyl (C=O) groups is 3. The molecule has 0 saturated heterocycles. The number of fused-ring (bicyclic) bond motifs is 2. The summed E-state index contributed by atoms with van der Waals surface area (Å²) in [7, 11) is 0. The highest BCUT2D eigenvalue weighted by molar-refractivity contribution is 5.98. The standard InChI is InChI=1S/C13H14N2O3.C9H7NO/c16-9-10-8-15(7-3-6-14-13(17)18)12-5-2-1-4-11(10)12;11-6-7-5-10-9-4-2-1-3-8(7)9/h1-2,4-5,8-9,14H,3,6-7H2,(H,17,18);1-6,10H. The normalized spacial score (nSPS) is 10.3. The van der Waals surface area contributed by atoms with E-state index in [2.05, 4.69) is 10.3 Å². The number of nitrogens with zero attached hydrogens (tertiary/aromatic N) is 1. The van der Waals surface area contributed by atoms with Gasteiger partial charge in [0.25, 0.3) is 0 Å². The van der Waals surface area contributed by atoms with Gasteiger partial charge in [-0.1, -0.05) is 36.4 Å². The maximum Gasteiger partial charge on any atom is 0.404 e. The quantitative estimate of drug-likeness (QED) is 0.340. The number of hydrogen-bond acceptors (Lipinski definition) is 3. The summed E-state index contributed by atoms with van der Waals surface area (Å²) < 4.78 is 1.97. The number of benzene rings is 2. The zero-order valence-electron chi connectivity index (χ0n) is 15.7. The van der Waals surface area contributed by atoms with Crippen molar-refractivity contribution >= 4 is 40.5 Å². The van der Waals surface area contributed by atoms with E-state index in [9.17, 15) is 14.4 Å². The summed E-state index contributed by atoms with van der Waals surface area (Å²) >= 11 is 0. The van der Waals surface area contributed by atoms with Crippen molar-refractivity contribution in [3.8, 4) is 0 Å². The van der Waals surface area contributed by atoms with Gasteiger partial charge in [0.15, 0.2) is 12.6 Å². The molecule has 0 saturated carbocycles. The van der Waals surface area contributed by atoms with E-state index in [4.69, 9.17) is 5.11 Å². The number of aromatic amines is 1. The number of para-hydroxylation sites is 2. The third-order valence-corrected chi connectivity index (χ3v) is 4.55. The van der Waals surface area contributed by atoms with Crippen molar-refractivity contribution in [1.82, 2.24) is 14.9 Å². The van der Waals surface area contributed by atoms with Crippen LogP contribution in [0.5, 0.6) is 0 Å². The fourth-order valence-electron chi connectivity index (χ4n) is 3.19. The van der Waals surface area contributed by atoms with Gasteiger partial charge in [-0.2, -0.15) is 0 Å². The Balaban J connectivity index is 0.000000186. The molecule has 0 bridgehead atoms. The van der Waals surface area contributed by atoms with Crippen molar-refractivity contribution in [2.24, 2.45) is 0 Å². The lowest BCUT2D eigenvalue weighted by Gasteiger charge is -2.05. The van der Waals surface area contributed by atoms with Gasteiger partial charge in [-0.25, -0.2) is 4.79 Å². The van der Waals surface area contributed by atoms with Crippen molar-refractivity contribution in [1.29, 1.82) is 0 Å². The lowest BCUT2D eigenvalue weighted by Crippen LogP contribution is -2.22. The number of nitrogens with one attached hydrogen (secondary N) is 2. The molecule has 2 heterocycles. The van der Waals surface area contributed by atoms with Crippen LogP contribution in [-0.4, -0.2) is 39.9 Å². The van der Waals surface area contributed by atoms with E-state index in [1.807, 2.05) is 53.1 Å². The van der Waals surface area contributed by atoms with Gasteiger partial charge in [-0.15, -0.1) is 0 Å². The van der Waals surface area contributed by atoms with Gasteiger partial charge in [0.2, 0.25) is 0 Å². The number of H-pyrrole nitrogens is 1. The van der Waals surface area contributed by atoms with Crippen LogP contribution in [0, 0.1) is 0 Å². The van der Waals surface area contributed by atoms with E-state index in [-0.39, 0.29) is 0 Å². The molecule has 0 aliphatic heterocycles. The van der Waals surface area contributed by atoms with E-state index < -0.39 is 6.09 Å². The second-order valence-electron chi connectivity index (χ2n) is 6.41. The number of amides is 1. The first kappa shape index (κ1) is 19.9. The first-order chi connectivity index (χ1) is 14.1. The van der Waals surface area contributed by atoms with E-state index in [1.54, 1.807) is 12.4 Å². The smallest absolute Gasteiger partial charge is 0.404 e. The van der Waals surface area contributed by atoms with Crippen molar-refractivity contribution in [2.75, 3.05) is 6.54 Å². The molecule has 0 radical (unpaired) electrons. The highest BCUT2D eigenvalue weighted by Gasteiger charge is 2.06. The monoisotopic (exact) mass is 391 g/mol. The van der Waals surface area contributed by atoms with E-state index in [0.29, 0.717) is 25.1 Å². The minimum Gasteiger partial charge on any atom is -0.465 e. The Hall–Kier alpha value is -3.87. The molecule has 2 aromatic heterocycles. The van der Waals surface area contributed by atoms with Crippen LogP contribution in [0.15, 0.2) is 60.9 Å². The van der Waals surface area contributed by atoms with Crippen molar-refractivity contribution in [3.63, 3.8) is 0 Å². The van der Waals surface area contributed by atoms with Crippen LogP contribution in [0.2, 0.25) is 0 Å². The largest absolute Gasteiger partial charge is 0.465 e. The number of aldehydes is 2. The molecule has 29 heavy (non-hydrogen) atoms. The molecule has 0 aliphatic carbocycles. The van der Waals surface area contributed by atoms with Gasteiger partial charge in [0.1, 0.15) is 0 Å². The Labute approximate surface area is 167 Å². The molecular formula is C22H21N3O4. The molecular weight excluding hydrogens is 370 g/mol. The second kappa shape index (κ2) is 9.36. The molecule has 7 nitrogen and oxygen atoms in total. The molecule has 4 aromatic rings. The van der Waals surface area contributed by atoms with Crippen LogP contribution in [-0.2, 0) is 6.54 Å². The summed E-state index contributed by atoms with van der Waals surface area (Å²) in [6, 6.07) is 15.4. The minimum atomic E-state index is -1.01. The number of hydrogen-bond donors (Lipinski definition) is 3. The number of rotatable bonds is 6. The number of aromatic nitrogens is 2. The average Bonchev–Trinajstić information content (AvgIpc) is 3.33. The first-order valence-electron chi connectivity index (χ1n) is 9.15. The molecule has 0 unspecified atom stereocenters.